The zero-order valence-corrected chi connectivity index (χ0v) is 11.0. The number of carbonyl (C=O) groups excluding carboxylic acids is 1. The quantitative estimate of drug-likeness (QED) is 0.857. The average molecular weight is 263 g/mol. The van der Waals surface area contributed by atoms with Gasteiger partial charge in [-0.05, 0) is 25.1 Å². The van der Waals surface area contributed by atoms with Gasteiger partial charge in [-0.1, -0.05) is 0 Å². The number of nitrogens with one attached hydrogen (secondary N) is 1. The van der Waals surface area contributed by atoms with Crippen molar-refractivity contribution in [1.82, 2.24) is 9.97 Å². The van der Waals surface area contributed by atoms with Crippen molar-refractivity contribution in [1.29, 1.82) is 0 Å². The largest absolute Gasteiger partial charge is 0.463 e. The Morgan fingerprint density at radius 2 is 2.28 bits per heavy atom. The molecule has 0 bridgehead atoms. The van der Waals surface area contributed by atoms with E-state index in [0.29, 0.717) is 12.4 Å². The van der Waals surface area contributed by atoms with Gasteiger partial charge in [0.25, 0.3) is 0 Å². The third-order valence-corrected chi connectivity index (χ3v) is 3.26. The summed E-state index contributed by atoms with van der Waals surface area (Å²) in [6, 6.07) is 5.85. The summed E-state index contributed by atoms with van der Waals surface area (Å²) in [5.41, 5.74) is 0. The number of anilines is 1. The summed E-state index contributed by atoms with van der Waals surface area (Å²) in [5.74, 6) is 0.131. The first-order chi connectivity index (χ1) is 8.69. The van der Waals surface area contributed by atoms with E-state index < -0.39 is 5.97 Å². The highest BCUT2D eigenvalue weighted by molar-refractivity contribution is 7.11. The molecule has 0 aromatic carbocycles. The van der Waals surface area contributed by atoms with Crippen LogP contribution >= 0.6 is 11.3 Å². The number of aromatic nitrogens is 2. The molecule has 2 aromatic heterocycles. The van der Waals surface area contributed by atoms with Crippen LogP contribution in [-0.4, -0.2) is 23.0 Å². The van der Waals surface area contributed by atoms with E-state index >= 15 is 0 Å². The van der Waals surface area contributed by atoms with Crippen molar-refractivity contribution in [2.75, 3.05) is 12.4 Å². The van der Waals surface area contributed by atoms with Crippen LogP contribution in [0.1, 0.15) is 20.4 Å². The molecule has 0 fully saturated rings. The minimum atomic E-state index is -0.536. The van der Waals surface area contributed by atoms with E-state index in [1.165, 1.54) is 23.1 Å². The molecule has 18 heavy (non-hydrogen) atoms. The smallest absolute Gasteiger partial charge is 0.376 e. The molecule has 0 radical (unpaired) electrons. The van der Waals surface area contributed by atoms with Crippen molar-refractivity contribution in [3.05, 3.63) is 40.0 Å². The fourth-order valence-corrected chi connectivity index (χ4v) is 2.23. The van der Waals surface area contributed by atoms with Crippen LogP contribution in [-0.2, 0) is 11.3 Å². The topological polar surface area (TPSA) is 64.1 Å². The van der Waals surface area contributed by atoms with Crippen LogP contribution in [0, 0.1) is 6.92 Å². The van der Waals surface area contributed by atoms with Crippen LogP contribution in [0.3, 0.4) is 0 Å². The van der Waals surface area contributed by atoms with Gasteiger partial charge in [-0.25, -0.2) is 14.8 Å². The molecule has 2 rings (SSSR count). The first-order valence-electron chi connectivity index (χ1n) is 5.39. The summed E-state index contributed by atoms with van der Waals surface area (Å²) in [5, 5.41) is 3.15. The Balaban J connectivity index is 2.03. The highest BCUT2D eigenvalue weighted by atomic mass is 32.1. The average Bonchev–Trinajstić information content (AvgIpc) is 2.81. The first kappa shape index (κ1) is 12.5. The Bertz CT molecular complexity index is 554. The lowest BCUT2D eigenvalue weighted by Crippen LogP contribution is -2.09. The van der Waals surface area contributed by atoms with Gasteiger partial charge in [0.1, 0.15) is 5.82 Å². The number of hydrogen-bond acceptors (Lipinski definition) is 6. The summed E-state index contributed by atoms with van der Waals surface area (Å²) in [4.78, 5) is 21.7. The maximum atomic E-state index is 11.3. The van der Waals surface area contributed by atoms with Crippen LogP contribution in [0.4, 0.5) is 5.82 Å². The molecule has 0 amide bonds. The highest BCUT2D eigenvalue weighted by Gasteiger charge is 2.09. The van der Waals surface area contributed by atoms with E-state index in [1.807, 2.05) is 0 Å². The number of aryl methyl sites for hydroxylation is 1. The third kappa shape index (κ3) is 3.04. The number of thiophene rings is 1. The molecule has 94 valence electrons. The molecular weight excluding hydrogens is 250 g/mol. The van der Waals surface area contributed by atoms with E-state index in [2.05, 4.69) is 39.1 Å². The van der Waals surface area contributed by atoms with Gasteiger partial charge in [0.2, 0.25) is 5.82 Å². The Kier molecular flexibility index (Phi) is 3.88. The number of ether oxygens (including phenoxy) is 1. The monoisotopic (exact) mass is 263 g/mol. The van der Waals surface area contributed by atoms with E-state index in [4.69, 9.17) is 0 Å². The van der Waals surface area contributed by atoms with Gasteiger partial charge in [-0.2, -0.15) is 0 Å². The summed E-state index contributed by atoms with van der Waals surface area (Å²) in [6.07, 6.45) is 1.53. The third-order valence-electron chi connectivity index (χ3n) is 2.26. The van der Waals surface area contributed by atoms with Gasteiger partial charge in [-0.3, -0.25) is 0 Å². The Morgan fingerprint density at radius 1 is 1.44 bits per heavy atom. The van der Waals surface area contributed by atoms with Crippen molar-refractivity contribution in [2.45, 2.75) is 13.5 Å². The second-order valence-electron chi connectivity index (χ2n) is 3.62. The van der Waals surface area contributed by atoms with E-state index in [-0.39, 0.29) is 5.82 Å². The van der Waals surface area contributed by atoms with Gasteiger partial charge in [0, 0.05) is 16.0 Å². The first-order valence-corrected chi connectivity index (χ1v) is 6.21. The van der Waals surface area contributed by atoms with Crippen molar-refractivity contribution >= 4 is 23.1 Å². The summed E-state index contributed by atoms with van der Waals surface area (Å²) in [7, 11) is 1.31. The van der Waals surface area contributed by atoms with Crippen molar-refractivity contribution in [2.24, 2.45) is 0 Å². The standard InChI is InChI=1S/C12H13N3O2S/c1-8-3-4-9(18-8)7-14-10-5-6-13-11(15-10)12(16)17-2/h3-6H,7H2,1-2H3,(H,13,14,15). The molecular formula is C12H13N3O2S. The van der Waals surface area contributed by atoms with Crippen molar-refractivity contribution < 1.29 is 9.53 Å². The molecule has 1 N–H and O–H groups in total. The van der Waals surface area contributed by atoms with Crippen LogP contribution in [0.15, 0.2) is 24.4 Å². The van der Waals surface area contributed by atoms with Crippen molar-refractivity contribution in [3.63, 3.8) is 0 Å². The predicted molar refractivity (Wildman–Crippen MR) is 69.8 cm³/mol. The molecule has 0 atom stereocenters. The highest BCUT2D eigenvalue weighted by Crippen LogP contribution is 2.16. The number of esters is 1. The zero-order chi connectivity index (χ0) is 13.0. The number of methoxy groups -OCH3 is 1. The number of nitrogens with zero attached hydrogens (tertiary/aromatic N) is 2. The summed E-state index contributed by atoms with van der Waals surface area (Å²) >= 11 is 1.72. The van der Waals surface area contributed by atoms with Crippen LogP contribution in [0.25, 0.3) is 0 Å². The molecule has 0 saturated carbocycles. The lowest BCUT2D eigenvalue weighted by Gasteiger charge is -2.04. The van der Waals surface area contributed by atoms with Gasteiger partial charge < -0.3 is 10.1 Å². The molecule has 2 aromatic rings. The number of carbonyl (C=O) groups is 1. The molecule has 0 aliphatic carbocycles. The van der Waals surface area contributed by atoms with E-state index in [9.17, 15) is 4.79 Å². The molecule has 6 heteroatoms. The Labute approximate surface area is 109 Å². The van der Waals surface area contributed by atoms with Crippen LogP contribution < -0.4 is 5.32 Å². The molecule has 5 nitrogen and oxygen atoms in total. The predicted octanol–water partition coefficient (Wildman–Crippen LogP) is 2.25. The lowest BCUT2D eigenvalue weighted by atomic mass is 10.4. The Morgan fingerprint density at radius 3 is 2.94 bits per heavy atom. The number of hydrogen-bond donors (Lipinski definition) is 1. The fraction of sp³-hybridized carbons (Fsp3) is 0.250. The summed E-state index contributed by atoms with van der Waals surface area (Å²) < 4.78 is 4.57. The maximum Gasteiger partial charge on any atom is 0.376 e. The van der Waals surface area contributed by atoms with Crippen LogP contribution in [0.2, 0.25) is 0 Å². The zero-order valence-electron chi connectivity index (χ0n) is 10.1. The normalized spacial score (nSPS) is 10.1. The van der Waals surface area contributed by atoms with Gasteiger partial charge in [0.05, 0.1) is 13.7 Å². The number of rotatable bonds is 4. The summed E-state index contributed by atoms with van der Waals surface area (Å²) in [6.45, 7) is 2.74. The second kappa shape index (κ2) is 5.59. The molecule has 0 saturated heterocycles. The minimum Gasteiger partial charge on any atom is -0.463 e. The lowest BCUT2D eigenvalue weighted by molar-refractivity contribution is 0.0587. The Hall–Kier alpha value is -1.95. The van der Waals surface area contributed by atoms with Crippen molar-refractivity contribution in [3.8, 4) is 0 Å². The molecule has 0 aliphatic rings. The molecule has 0 aliphatic heterocycles. The van der Waals surface area contributed by atoms with E-state index in [1.54, 1.807) is 17.4 Å². The van der Waals surface area contributed by atoms with E-state index in [0.717, 1.165) is 0 Å². The maximum absolute atomic E-state index is 11.3. The van der Waals surface area contributed by atoms with Gasteiger partial charge >= 0.3 is 5.97 Å². The minimum absolute atomic E-state index is 0.0601. The van der Waals surface area contributed by atoms with Gasteiger partial charge in [-0.15, -0.1) is 11.3 Å². The molecule has 2 heterocycles. The fourth-order valence-electron chi connectivity index (χ4n) is 1.40. The van der Waals surface area contributed by atoms with Crippen LogP contribution in [0.5, 0.6) is 0 Å². The SMILES string of the molecule is COC(=O)c1nccc(NCc2ccc(C)s2)n1. The van der Waals surface area contributed by atoms with Gasteiger partial charge in [0.15, 0.2) is 0 Å². The second-order valence-corrected chi connectivity index (χ2v) is 5.00. The molecule has 0 unspecified atom stereocenters. The molecule has 0 spiro atoms.